The molecule has 0 saturated carbocycles. The molecule has 2 aliphatic rings. The van der Waals surface area contributed by atoms with Crippen LogP contribution in [0, 0.1) is 6.92 Å². The highest BCUT2D eigenvalue weighted by Crippen LogP contribution is 2.18. The van der Waals surface area contributed by atoms with Gasteiger partial charge in [0.05, 0.1) is 6.54 Å². The van der Waals surface area contributed by atoms with E-state index in [0.717, 1.165) is 5.56 Å². The van der Waals surface area contributed by atoms with Crippen LogP contribution in [0.5, 0.6) is 0 Å². The Labute approximate surface area is 129 Å². The van der Waals surface area contributed by atoms with Crippen LogP contribution in [0.2, 0.25) is 0 Å². The first-order valence-electron chi connectivity index (χ1n) is 7.44. The molecular formula is C16H19N3O3. The number of benzene rings is 1. The quantitative estimate of drug-likeness (QED) is 0.804. The second-order valence-electron chi connectivity index (χ2n) is 5.90. The van der Waals surface area contributed by atoms with Crippen LogP contribution in [0.1, 0.15) is 22.8 Å². The summed E-state index contributed by atoms with van der Waals surface area (Å²) in [5, 5.41) is 2.67. The number of fused-ring (bicyclic) bond motifs is 1. The van der Waals surface area contributed by atoms with E-state index in [-0.39, 0.29) is 24.3 Å². The molecule has 3 rings (SSSR count). The van der Waals surface area contributed by atoms with Gasteiger partial charge in [0.1, 0.15) is 12.1 Å². The Kier molecular flexibility index (Phi) is 3.60. The second-order valence-corrected chi connectivity index (χ2v) is 5.90. The van der Waals surface area contributed by atoms with Crippen molar-refractivity contribution in [2.45, 2.75) is 25.9 Å². The number of hydrogen-bond acceptors (Lipinski definition) is 3. The van der Waals surface area contributed by atoms with E-state index in [9.17, 15) is 14.4 Å². The number of carbonyl (C=O) groups is 3. The van der Waals surface area contributed by atoms with Gasteiger partial charge in [-0.3, -0.25) is 14.4 Å². The van der Waals surface area contributed by atoms with Gasteiger partial charge in [0, 0.05) is 18.7 Å². The first kappa shape index (κ1) is 14.6. The van der Waals surface area contributed by atoms with Gasteiger partial charge in [-0.15, -0.1) is 0 Å². The smallest absolute Gasteiger partial charge is 0.254 e. The lowest BCUT2D eigenvalue weighted by Gasteiger charge is -2.44. The van der Waals surface area contributed by atoms with E-state index in [0.29, 0.717) is 18.7 Å². The molecule has 0 bridgehead atoms. The summed E-state index contributed by atoms with van der Waals surface area (Å²) in [6.45, 7) is 4.72. The molecule has 2 fully saturated rings. The standard InChI is InChI=1S/C16H19N3O3/c1-10-4-3-5-12(8-10)16(22)18-6-7-19-13(9-18)14(20)17-11(2)15(19)21/h3-5,8,11,13H,6-7,9H2,1-2H3,(H,17,20)/t11-,13+/m0/s1. The fourth-order valence-corrected chi connectivity index (χ4v) is 3.04. The molecule has 2 heterocycles. The van der Waals surface area contributed by atoms with Crippen LogP contribution >= 0.6 is 0 Å². The molecule has 3 amide bonds. The normalized spacial score (nSPS) is 24.8. The number of carbonyl (C=O) groups excluding carboxylic acids is 3. The van der Waals surface area contributed by atoms with E-state index in [4.69, 9.17) is 0 Å². The SMILES string of the molecule is Cc1cccc(C(=O)N2CCN3C(=O)[C@H](C)NC(=O)[C@H]3C2)c1. The molecule has 0 unspecified atom stereocenters. The minimum absolute atomic E-state index is 0.0766. The molecular weight excluding hydrogens is 282 g/mol. The summed E-state index contributed by atoms with van der Waals surface area (Å²) in [4.78, 5) is 40.0. The van der Waals surface area contributed by atoms with Crippen LogP contribution < -0.4 is 5.32 Å². The lowest BCUT2D eigenvalue weighted by molar-refractivity contribution is -0.151. The van der Waals surface area contributed by atoms with Crippen molar-refractivity contribution in [1.29, 1.82) is 0 Å². The average Bonchev–Trinajstić information content (AvgIpc) is 2.51. The number of aryl methyl sites for hydroxylation is 1. The van der Waals surface area contributed by atoms with Gasteiger partial charge in [-0.1, -0.05) is 17.7 Å². The Balaban J connectivity index is 1.78. The summed E-state index contributed by atoms with van der Waals surface area (Å²) in [7, 11) is 0. The minimum Gasteiger partial charge on any atom is -0.343 e. The second kappa shape index (κ2) is 5.44. The average molecular weight is 301 g/mol. The summed E-state index contributed by atoms with van der Waals surface area (Å²) in [5.74, 6) is -0.358. The number of rotatable bonds is 1. The maximum Gasteiger partial charge on any atom is 0.254 e. The largest absolute Gasteiger partial charge is 0.343 e. The van der Waals surface area contributed by atoms with Gasteiger partial charge in [-0.25, -0.2) is 0 Å². The summed E-state index contributed by atoms with van der Waals surface area (Å²) in [5.41, 5.74) is 1.63. The van der Waals surface area contributed by atoms with E-state index in [2.05, 4.69) is 5.32 Å². The summed E-state index contributed by atoms with van der Waals surface area (Å²) < 4.78 is 0. The van der Waals surface area contributed by atoms with Crippen molar-refractivity contribution in [3.8, 4) is 0 Å². The predicted molar refractivity (Wildman–Crippen MR) is 80.2 cm³/mol. The Morgan fingerprint density at radius 1 is 1.27 bits per heavy atom. The van der Waals surface area contributed by atoms with Gasteiger partial charge in [0.15, 0.2) is 0 Å². The highest BCUT2D eigenvalue weighted by molar-refractivity contribution is 5.99. The highest BCUT2D eigenvalue weighted by Gasteiger charge is 2.42. The van der Waals surface area contributed by atoms with Crippen molar-refractivity contribution in [3.63, 3.8) is 0 Å². The summed E-state index contributed by atoms with van der Waals surface area (Å²) >= 11 is 0. The fraction of sp³-hybridized carbons (Fsp3) is 0.438. The molecule has 1 N–H and O–H groups in total. The molecule has 6 heteroatoms. The van der Waals surface area contributed by atoms with Gasteiger partial charge in [-0.2, -0.15) is 0 Å². The maximum absolute atomic E-state index is 12.6. The monoisotopic (exact) mass is 301 g/mol. The topological polar surface area (TPSA) is 69.7 Å². The number of amides is 3. The van der Waals surface area contributed by atoms with Crippen molar-refractivity contribution >= 4 is 17.7 Å². The summed E-state index contributed by atoms with van der Waals surface area (Å²) in [6.07, 6.45) is 0. The first-order valence-corrected chi connectivity index (χ1v) is 7.44. The minimum atomic E-state index is -0.578. The van der Waals surface area contributed by atoms with Crippen LogP contribution in [0.25, 0.3) is 0 Å². The van der Waals surface area contributed by atoms with Gasteiger partial charge < -0.3 is 15.1 Å². The van der Waals surface area contributed by atoms with Gasteiger partial charge >= 0.3 is 0 Å². The lowest BCUT2D eigenvalue weighted by Crippen LogP contribution is -2.69. The summed E-state index contributed by atoms with van der Waals surface area (Å²) in [6, 6.07) is 6.33. The zero-order valence-electron chi connectivity index (χ0n) is 12.7. The van der Waals surface area contributed by atoms with Crippen molar-refractivity contribution in [3.05, 3.63) is 35.4 Å². The lowest BCUT2D eigenvalue weighted by atomic mass is 10.0. The number of piperazine rings is 2. The molecule has 22 heavy (non-hydrogen) atoms. The molecule has 2 saturated heterocycles. The van der Waals surface area contributed by atoms with Crippen LogP contribution in [-0.2, 0) is 9.59 Å². The third kappa shape index (κ3) is 2.45. The van der Waals surface area contributed by atoms with Crippen LogP contribution in [0.15, 0.2) is 24.3 Å². The fourth-order valence-electron chi connectivity index (χ4n) is 3.04. The molecule has 116 valence electrons. The van der Waals surface area contributed by atoms with Crippen molar-refractivity contribution in [1.82, 2.24) is 15.1 Å². The molecule has 2 atom stereocenters. The molecule has 2 aliphatic heterocycles. The zero-order chi connectivity index (χ0) is 15.9. The Morgan fingerprint density at radius 2 is 2.05 bits per heavy atom. The molecule has 1 aromatic rings. The highest BCUT2D eigenvalue weighted by atomic mass is 16.2. The van der Waals surface area contributed by atoms with E-state index in [1.54, 1.807) is 22.8 Å². The van der Waals surface area contributed by atoms with Gasteiger partial charge in [0.2, 0.25) is 11.8 Å². The molecule has 0 spiro atoms. The van der Waals surface area contributed by atoms with Crippen molar-refractivity contribution in [2.75, 3.05) is 19.6 Å². The third-order valence-corrected chi connectivity index (χ3v) is 4.25. The van der Waals surface area contributed by atoms with Crippen LogP contribution in [-0.4, -0.2) is 59.2 Å². The number of nitrogens with one attached hydrogen (secondary N) is 1. The zero-order valence-corrected chi connectivity index (χ0v) is 12.7. The van der Waals surface area contributed by atoms with Crippen molar-refractivity contribution < 1.29 is 14.4 Å². The Hall–Kier alpha value is -2.37. The van der Waals surface area contributed by atoms with Gasteiger partial charge in [0.25, 0.3) is 5.91 Å². The number of hydrogen-bond donors (Lipinski definition) is 1. The molecule has 0 aliphatic carbocycles. The van der Waals surface area contributed by atoms with E-state index >= 15 is 0 Å². The molecule has 6 nitrogen and oxygen atoms in total. The molecule has 0 aromatic heterocycles. The van der Waals surface area contributed by atoms with Crippen molar-refractivity contribution in [2.24, 2.45) is 0 Å². The third-order valence-electron chi connectivity index (χ3n) is 4.25. The molecule has 1 aromatic carbocycles. The first-order chi connectivity index (χ1) is 10.5. The van der Waals surface area contributed by atoms with Crippen LogP contribution in [0.4, 0.5) is 0 Å². The Bertz CT molecular complexity index is 643. The predicted octanol–water partition coefficient (Wildman–Crippen LogP) is 0.166. The maximum atomic E-state index is 12.6. The van der Waals surface area contributed by atoms with E-state index in [1.165, 1.54) is 0 Å². The van der Waals surface area contributed by atoms with E-state index in [1.807, 2.05) is 25.1 Å². The van der Waals surface area contributed by atoms with E-state index < -0.39 is 12.1 Å². The Morgan fingerprint density at radius 3 is 2.77 bits per heavy atom. The van der Waals surface area contributed by atoms with Gasteiger partial charge in [-0.05, 0) is 26.0 Å². The van der Waals surface area contributed by atoms with Crippen LogP contribution in [0.3, 0.4) is 0 Å². The number of nitrogens with zero attached hydrogens (tertiary/aromatic N) is 2. The molecule has 0 radical (unpaired) electrons.